The lowest BCUT2D eigenvalue weighted by Crippen LogP contribution is -1.78. The highest BCUT2D eigenvalue weighted by Crippen LogP contribution is 2.19. The molecule has 0 N–H and O–H groups in total. The lowest BCUT2D eigenvalue weighted by molar-refractivity contribution is 1.15. The Morgan fingerprint density at radius 3 is 3.00 bits per heavy atom. The van der Waals surface area contributed by atoms with Crippen molar-refractivity contribution in [1.29, 1.82) is 0 Å². The second-order valence-corrected chi connectivity index (χ2v) is 3.84. The zero-order valence-corrected chi connectivity index (χ0v) is 8.63. The first-order chi connectivity index (χ1) is 5.27. The van der Waals surface area contributed by atoms with Crippen LogP contribution in [0.2, 0.25) is 0 Å². The molecule has 2 aromatic rings. The normalized spacial score (nSPS) is 10.7. The van der Waals surface area contributed by atoms with Crippen LogP contribution in [0.15, 0.2) is 33.7 Å². The molecule has 4 heteroatoms. The second kappa shape index (κ2) is 2.60. The zero-order chi connectivity index (χ0) is 7.84. The van der Waals surface area contributed by atoms with E-state index in [9.17, 15) is 0 Å². The van der Waals surface area contributed by atoms with Crippen LogP contribution in [0.4, 0.5) is 0 Å². The highest BCUT2D eigenvalue weighted by molar-refractivity contribution is 9.11. The predicted octanol–water partition coefficient (Wildman–Crippen LogP) is 2.86. The molecule has 0 atom stereocenters. The summed E-state index contributed by atoms with van der Waals surface area (Å²) in [5.74, 6) is 0. The van der Waals surface area contributed by atoms with Crippen molar-refractivity contribution in [3.8, 4) is 0 Å². The molecular weight excluding hydrogens is 272 g/mol. The number of aromatic nitrogens is 2. The zero-order valence-electron chi connectivity index (χ0n) is 5.46. The predicted molar refractivity (Wildman–Crippen MR) is 50.6 cm³/mol. The van der Waals surface area contributed by atoms with Gasteiger partial charge in [-0.2, -0.15) is 0 Å². The Balaban J connectivity index is 2.87. The Kier molecular flexibility index (Phi) is 1.73. The molecule has 2 heterocycles. The molecule has 0 radical (unpaired) electrons. The van der Waals surface area contributed by atoms with Crippen LogP contribution in [-0.2, 0) is 0 Å². The van der Waals surface area contributed by atoms with E-state index >= 15 is 0 Å². The first-order valence-corrected chi connectivity index (χ1v) is 4.64. The van der Waals surface area contributed by atoms with Crippen molar-refractivity contribution in [3.63, 3.8) is 0 Å². The van der Waals surface area contributed by atoms with Gasteiger partial charge in [-0.25, -0.2) is 4.98 Å². The van der Waals surface area contributed by atoms with E-state index in [1.165, 1.54) is 0 Å². The number of imidazole rings is 1. The van der Waals surface area contributed by atoms with Gasteiger partial charge in [-0.05, 0) is 28.1 Å². The first kappa shape index (κ1) is 7.31. The molecule has 0 saturated carbocycles. The quantitative estimate of drug-likeness (QED) is 0.723. The lowest BCUT2D eigenvalue weighted by atomic mass is 10.4. The molecule has 0 fully saturated rings. The van der Waals surface area contributed by atoms with Gasteiger partial charge in [0.1, 0.15) is 10.9 Å². The topological polar surface area (TPSA) is 17.3 Å². The van der Waals surface area contributed by atoms with Crippen LogP contribution >= 0.6 is 31.9 Å². The van der Waals surface area contributed by atoms with Crippen molar-refractivity contribution in [1.82, 2.24) is 9.38 Å². The third kappa shape index (κ3) is 1.20. The van der Waals surface area contributed by atoms with Crippen molar-refractivity contribution >= 4 is 37.4 Å². The maximum atomic E-state index is 4.10. The van der Waals surface area contributed by atoms with Gasteiger partial charge < -0.3 is 4.40 Å². The number of fused-ring (bicyclic) bond motifs is 1. The Bertz CT molecular complexity index is 394. The van der Waals surface area contributed by atoms with Crippen molar-refractivity contribution in [2.45, 2.75) is 0 Å². The molecule has 0 unspecified atom stereocenters. The summed E-state index contributed by atoms with van der Waals surface area (Å²) in [5, 5.41) is 0. The fourth-order valence-corrected chi connectivity index (χ4v) is 1.68. The van der Waals surface area contributed by atoms with Crippen LogP contribution in [0.5, 0.6) is 0 Å². The Morgan fingerprint density at radius 1 is 1.36 bits per heavy atom. The summed E-state index contributed by atoms with van der Waals surface area (Å²) >= 11 is 6.74. The number of hydrogen-bond acceptors (Lipinski definition) is 1. The molecule has 0 spiro atoms. The number of hydrogen-bond donors (Lipinski definition) is 0. The maximum Gasteiger partial charge on any atom is 0.131 e. The molecule has 2 nitrogen and oxygen atoms in total. The summed E-state index contributed by atoms with van der Waals surface area (Å²) in [6.45, 7) is 0. The van der Waals surface area contributed by atoms with E-state index in [-0.39, 0.29) is 0 Å². The molecule has 56 valence electrons. The molecule has 0 aliphatic heterocycles. The van der Waals surface area contributed by atoms with Gasteiger partial charge in [0.2, 0.25) is 0 Å². The molecule has 2 rings (SSSR count). The van der Waals surface area contributed by atoms with Gasteiger partial charge in [-0.15, -0.1) is 0 Å². The Labute approximate surface area is 80.5 Å². The molecule has 0 saturated heterocycles. The van der Waals surface area contributed by atoms with E-state index in [4.69, 9.17) is 0 Å². The summed E-state index contributed by atoms with van der Waals surface area (Å²) in [6, 6.07) is 3.98. The van der Waals surface area contributed by atoms with Crippen molar-refractivity contribution in [2.75, 3.05) is 0 Å². The summed E-state index contributed by atoms with van der Waals surface area (Å²) in [6.07, 6.45) is 3.73. The van der Waals surface area contributed by atoms with E-state index < -0.39 is 0 Å². The maximum absolute atomic E-state index is 4.10. The molecule has 0 aliphatic rings. The van der Waals surface area contributed by atoms with Crippen molar-refractivity contribution in [2.24, 2.45) is 0 Å². The van der Waals surface area contributed by atoms with E-state index in [0.717, 1.165) is 14.6 Å². The molecular formula is C7H4Br2N2. The van der Waals surface area contributed by atoms with Crippen LogP contribution in [0.25, 0.3) is 5.52 Å². The SMILES string of the molecule is Brc1ccn2cnc(Br)c2c1. The molecule has 0 bridgehead atoms. The Morgan fingerprint density at radius 2 is 2.18 bits per heavy atom. The second-order valence-electron chi connectivity index (χ2n) is 2.17. The summed E-state index contributed by atoms with van der Waals surface area (Å²) in [4.78, 5) is 4.10. The van der Waals surface area contributed by atoms with E-state index in [1.807, 2.05) is 22.7 Å². The molecule has 2 aromatic heterocycles. The molecule has 0 aliphatic carbocycles. The van der Waals surface area contributed by atoms with Gasteiger partial charge >= 0.3 is 0 Å². The van der Waals surface area contributed by atoms with Gasteiger partial charge in [0.25, 0.3) is 0 Å². The minimum absolute atomic E-state index is 0.874. The van der Waals surface area contributed by atoms with E-state index in [0.29, 0.717) is 0 Å². The van der Waals surface area contributed by atoms with Gasteiger partial charge in [0.05, 0.1) is 5.52 Å². The minimum atomic E-state index is 0.874. The number of rotatable bonds is 0. The standard InChI is InChI=1S/C7H4Br2N2/c8-5-1-2-11-4-10-7(9)6(11)3-5/h1-4H. The average Bonchev–Trinajstić information content (AvgIpc) is 2.33. The lowest BCUT2D eigenvalue weighted by Gasteiger charge is -1.93. The third-order valence-corrected chi connectivity index (χ3v) is 2.56. The largest absolute Gasteiger partial charge is 0.305 e. The third-order valence-electron chi connectivity index (χ3n) is 1.45. The van der Waals surface area contributed by atoms with E-state index in [1.54, 1.807) is 6.33 Å². The fourth-order valence-electron chi connectivity index (χ4n) is 0.931. The first-order valence-electron chi connectivity index (χ1n) is 3.05. The van der Waals surface area contributed by atoms with Gasteiger partial charge in [-0.1, -0.05) is 15.9 Å². The Hall–Kier alpha value is -0.350. The van der Waals surface area contributed by atoms with E-state index in [2.05, 4.69) is 36.8 Å². The summed E-state index contributed by atoms with van der Waals surface area (Å²) < 4.78 is 3.89. The summed E-state index contributed by atoms with van der Waals surface area (Å²) in [5.41, 5.74) is 1.07. The highest BCUT2D eigenvalue weighted by Gasteiger charge is 1.99. The van der Waals surface area contributed by atoms with Gasteiger partial charge in [0, 0.05) is 10.7 Å². The van der Waals surface area contributed by atoms with Crippen LogP contribution in [-0.4, -0.2) is 9.38 Å². The smallest absolute Gasteiger partial charge is 0.131 e. The fraction of sp³-hybridized carbons (Fsp3) is 0. The van der Waals surface area contributed by atoms with Crippen molar-refractivity contribution in [3.05, 3.63) is 33.7 Å². The van der Waals surface area contributed by atoms with Crippen LogP contribution in [0.3, 0.4) is 0 Å². The number of pyridine rings is 1. The summed E-state index contributed by atoms with van der Waals surface area (Å²) in [7, 11) is 0. The van der Waals surface area contributed by atoms with Crippen LogP contribution in [0.1, 0.15) is 0 Å². The number of halogens is 2. The van der Waals surface area contributed by atoms with Crippen LogP contribution < -0.4 is 0 Å². The molecule has 0 amide bonds. The molecule has 11 heavy (non-hydrogen) atoms. The highest BCUT2D eigenvalue weighted by atomic mass is 79.9. The van der Waals surface area contributed by atoms with Gasteiger partial charge in [0.15, 0.2) is 0 Å². The van der Waals surface area contributed by atoms with Crippen molar-refractivity contribution < 1.29 is 0 Å². The average molecular weight is 276 g/mol. The number of nitrogens with zero attached hydrogens (tertiary/aromatic N) is 2. The van der Waals surface area contributed by atoms with Crippen LogP contribution in [0, 0.1) is 0 Å². The minimum Gasteiger partial charge on any atom is -0.305 e. The monoisotopic (exact) mass is 274 g/mol. The molecule has 0 aromatic carbocycles. The van der Waals surface area contributed by atoms with Gasteiger partial charge in [-0.3, -0.25) is 0 Å².